The number of aldehydes is 1. The maximum atomic E-state index is 10.2. The Morgan fingerprint density at radius 2 is 1.91 bits per heavy atom. The minimum atomic E-state index is -0.272. The minimum Gasteiger partial charge on any atom is -0.507 e. The van der Waals surface area contributed by atoms with Gasteiger partial charge in [0.2, 0.25) is 0 Å². The number of carbonyl (C=O) groups excluding carboxylic acids is 1. The molecule has 0 atom stereocenters. The zero-order chi connectivity index (χ0) is 8.43. The van der Waals surface area contributed by atoms with E-state index < -0.39 is 0 Å². The highest BCUT2D eigenvalue weighted by Crippen LogP contribution is 2.27. The fourth-order valence-electron chi connectivity index (χ4n) is 0.706. The summed E-state index contributed by atoms with van der Waals surface area (Å²) in [5, 5.41) is 17.9. The molecule has 0 aliphatic rings. The van der Waals surface area contributed by atoms with Crippen LogP contribution in [0.4, 0.5) is 5.69 Å². The fourth-order valence-corrected chi connectivity index (χ4v) is 0.706. The molecule has 0 heterocycles. The average Bonchev–Trinajstić information content (AvgIpc) is 1.97. The molecule has 0 unspecified atom stereocenters. The summed E-state index contributed by atoms with van der Waals surface area (Å²) in [4.78, 5) is 10.2. The van der Waals surface area contributed by atoms with Crippen LogP contribution in [0.2, 0.25) is 0 Å². The van der Waals surface area contributed by atoms with Gasteiger partial charge in [-0.2, -0.15) is 0 Å². The molecule has 0 saturated carbocycles. The van der Waals surface area contributed by atoms with Gasteiger partial charge < -0.3 is 15.9 Å². The standard InChI is InChI=1S/C7H7NO3/c8-5-1-4(3-9)6(10)2-7(5)11/h1-3,10-11H,8H2. The van der Waals surface area contributed by atoms with Crippen LogP contribution in [0.1, 0.15) is 10.4 Å². The number of phenolic OH excluding ortho intramolecular Hbond substituents is 2. The summed E-state index contributed by atoms with van der Waals surface area (Å²) in [6.45, 7) is 0. The predicted molar refractivity (Wildman–Crippen MR) is 39.6 cm³/mol. The number of nitrogen functional groups attached to an aromatic ring is 1. The van der Waals surface area contributed by atoms with Gasteiger partial charge in [0, 0.05) is 6.07 Å². The Hall–Kier alpha value is -1.71. The Labute approximate surface area is 62.9 Å². The van der Waals surface area contributed by atoms with Crippen molar-refractivity contribution in [3.8, 4) is 11.5 Å². The number of hydrogen-bond donors (Lipinski definition) is 3. The maximum Gasteiger partial charge on any atom is 0.153 e. The molecule has 4 nitrogen and oxygen atoms in total. The first-order valence-electron chi connectivity index (χ1n) is 2.91. The molecule has 58 valence electrons. The highest BCUT2D eigenvalue weighted by Gasteiger charge is 2.04. The zero-order valence-electron chi connectivity index (χ0n) is 5.61. The van der Waals surface area contributed by atoms with Gasteiger partial charge in [-0.1, -0.05) is 0 Å². The van der Waals surface area contributed by atoms with Crippen molar-refractivity contribution in [1.29, 1.82) is 0 Å². The van der Waals surface area contributed by atoms with Gasteiger partial charge in [-0.05, 0) is 6.07 Å². The second-order valence-corrected chi connectivity index (χ2v) is 2.09. The highest BCUT2D eigenvalue weighted by atomic mass is 16.3. The number of phenols is 2. The molecule has 0 amide bonds. The second-order valence-electron chi connectivity index (χ2n) is 2.09. The van der Waals surface area contributed by atoms with Crippen molar-refractivity contribution in [3.05, 3.63) is 17.7 Å². The summed E-state index contributed by atoms with van der Waals surface area (Å²) in [5.41, 5.74) is 5.39. The third-order valence-electron chi connectivity index (χ3n) is 1.30. The van der Waals surface area contributed by atoms with E-state index in [1.165, 1.54) is 6.07 Å². The lowest BCUT2D eigenvalue weighted by Crippen LogP contribution is -1.88. The van der Waals surface area contributed by atoms with Crippen LogP contribution in [0.15, 0.2) is 12.1 Å². The fraction of sp³-hybridized carbons (Fsp3) is 0. The van der Waals surface area contributed by atoms with Crippen LogP contribution >= 0.6 is 0 Å². The Morgan fingerprint density at radius 1 is 1.27 bits per heavy atom. The normalized spacial score (nSPS) is 9.45. The van der Waals surface area contributed by atoms with E-state index in [-0.39, 0.29) is 22.7 Å². The molecule has 0 spiro atoms. The van der Waals surface area contributed by atoms with Gasteiger partial charge in [0.15, 0.2) is 6.29 Å². The molecule has 0 radical (unpaired) electrons. The van der Waals surface area contributed by atoms with E-state index in [2.05, 4.69) is 0 Å². The molecule has 4 heteroatoms. The van der Waals surface area contributed by atoms with Crippen LogP contribution in [0.25, 0.3) is 0 Å². The summed E-state index contributed by atoms with van der Waals surface area (Å²) in [5.74, 6) is -0.500. The first-order chi connectivity index (χ1) is 5.15. The van der Waals surface area contributed by atoms with Gasteiger partial charge in [0.05, 0.1) is 11.3 Å². The molecule has 0 fully saturated rings. The third kappa shape index (κ3) is 1.24. The van der Waals surface area contributed by atoms with Crippen LogP contribution in [0.5, 0.6) is 11.5 Å². The molecule has 0 aliphatic carbocycles. The van der Waals surface area contributed by atoms with E-state index in [0.717, 1.165) is 6.07 Å². The molecule has 0 aliphatic heterocycles. The van der Waals surface area contributed by atoms with Crippen molar-refractivity contribution in [2.24, 2.45) is 0 Å². The van der Waals surface area contributed by atoms with Crippen LogP contribution in [-0.4, -0.2) is 16.5 Å². The number of hydrogen-bond acceptors (Lipinski definition) is 4. The van der Waals surface area contributed by atoms with E-state index in [4.69, 9.17) is 15.9 Å². The quantitative estimate of drug-likeness (QED) is 0.237. The zero-order valence-corrected chi connectivity index (χ0v) is 5.61. The summed E-state index contributed by atoms with van der Waals surface area (Å²) < 4.78 is 0. The van der Waals surface area contributed by atoms with E-state index in [1.54, 1.807) is 0 Å². The SMILES string of the molecule is Nc1cc(C=O)c(O)cc1O. The van der Waals surface area contributed by atoms with Crippen LogP contribution in [-0.2, 0) is 0 Å². The molecule has 0 bridgehead atoms. The molecule has 1 aromatic carbocycles. The van der Waals surface area contributed by atoms with Crippen molar-refractivity contribution < 1.29 is 15.0 Å². The Balaban J connectivity index is 3.31. The average molecular weight is 153 g/mol. The third-order valence-corrected chi connectivity index (χ3v) is 1.30. The second kappa shape index (κ2) is 2.49. The number of anilines is 1. The van der Waals surface area contributed by atoms with Gasteiger partial charge in [0.1, 0.15) is 11.5 Å². The predicted octanol–water partition coefficient (Wildman–Crippen LogP) is 0.492. The van der Waals surface area contributed by atoms with E-state index in [1.807, 2.05) is 0 Å². The molecule has 0 saturated heterocycles. The van der Waals surface area contributed by atoms with Crippen LogP contribution in [0.3, 0.4) is 0 Å². The molecule has 0 aromatic heterocycles. The molecule has 4 N–H and O–H groups in total. The largest absolute Gasteiger partial charge is 0.507 e. The lowest BCUT2D eigenvalue weighted by molar-refractivity contribution is 0.112. The van der Waals surface area contributed by atoms with Gasteiger partial charge in [0.25, 0.3) is 0 Å². The van der Waals surface area contributed by atoms with Gasteiger partial charge >= 0.3 is 0 Å². The number of carbonyl (C=O) groups is 1. The summed E-state index contributed by atoms with van der Waals surface area (Å²) in [7, 11) is 0. The van der Waals surface area contributed by atoms with Crippen LogP contribution in [0, 0.1) is 0 Å². The topological polar surface area (TPSA) is 83.6 Å². The highest BCUT2D eigenvalue weighted by molar-refractivity contribution is 5.82. The molecule has 1 aromatic rings. The van der Waals surface area contributed by atoms with Gasteiger partial charge in [-0.15, -0.1) is 0 Å². The number of aromatic hydroxyl groups is 2. The maximum absolute atomic E-state index is 10.2. The molecule has 11 heavy (non-hydrogen) atoms. The van der Waals surface area contributed by atoms with Crippen molar-refractivity contribution in [2.75, 3.05) is 5.73 Å². The smallest absolute Gasteiger partial charge is 0.153 e. The van der Waals surface area contributed by atoms with Crippen molar-refractivity contribution in [1.82, 2.24) is 0 Å². The Morgan fingerprint density at radius 3 is 2.45 bits per heavy atom. The number of benzene rings is 1. The summed E-state index contributed by atoms with van der Waals surface area (Å²) in [6.07, 6.45) is 0.463. The molecular formula is C7H7NO3. The monoisotopic (exact) mass is 153 g/mol. The van der Waals surface area contributed by atoms with Crippen molar-refractivity contribution in [2.45, 2.75) is 0 Å². The number of nitrogens with two attached hydrogens (primary N) is 1. The number of rotatable bonds is 1. The lowest BCUT2D eigenvalue weighted by atomic mass is 10.2. The van der Waals surface area contributed by atoms with E-state index in [9.17, 15) is 4.79 Å². The first kappa shape index (κ1) is 7.40. The van der Waals surface area contributed by atoms with Gasteiger partial charge in [-0.25, -0.2) is 0 Å². The van der Waals surface area contributed by atoms with Gasteiger partial charge in [-0.3, -0.25) is 4.79 Å². The van der Waals surface area contributed by atoms with Crippen LogP contribution < -0.4 is 5.73 Å². The minimum absolute atomic E-state index is 0.0697. The lowest BCUT2D eigenvalue weighted by Gasteiger charge is -2.00. The first-order valence-corrected chi connectivity index (χ1v) is 2.91. The van der Waals surface area contributed by atoms with Crippen molar-refractivity contribution in [3.63, 3.8) is 0 Å². The van der Waals surface area contributed by atoms with Crippen molar-refractivity contribution >= 4 is 12.0 Å². The summed E-state index contributed by atoms with van der Waals surface area (Å²) in [6, 6.07) is 2.23. The summed E-state index contributed by atoms with van der Waals surface area (Å²) >= 11 is 0. The molecule has 1 rings (SSSR count). The van der Waals surface area contributed by atoms with E-state index >= 15 is 0 Å². The Bertz CT molecular complexity index is 296. The Kier molecular flexibility index (Phi) is 1.68. The van der Waals surface area contributed by atoms with E-state index in [0.29, 0.717) is 6.29 Å². The molecular weight excluding hydrogens is 146 g/mol.